The molecule has 0 aliphatic carbocycles. The van der Waals surface area contributed by atoms with Gasteiger partial charge in [0.1, 0.15) is 18.2 Å². The molecule has 2 heterocycles. The van der Waals surface area contributed by atoms with E-state index < -0.39 is 5.82 Å². The second kappa shape index (κ2) is 9.16. The first-order valence-corrected chi connectivity index (χ1v) is 11.0. The van der Waals surface area contributed by atoms with Gasteiger partial charge in [0.15, 0.2) is 5.17 Å². The Morgan fingerprint density at radius 3 is 2.74 bits per heavy atom. The number of carbonyl (C=O) groups is 1. The number of fused-ring (bicyclic) bond motifs is 1. The summed E-state index contributed by atoms with van der Waals surface area (Å²) in [5.74, 6) is -0.221. The van der Waals surface area contributed by atoms with Gasteiger partial charge in [-0.1, -0.05) is 41.6 Å². The van der Waals surface area contributed by atoms with E-state index >= 15 is 0 Å². The summed E-state index contributed by atoms with van der Waals surface area (Å²) in [5, 5.41) is 3.07. The van der Waals surface area contributed by atoms with Crippen molar-refractivity contribution < 1.29 is 18.7 Å². The van der Waals surface area contributed by atoms with Crippen LogP contribution in [0.1, 0.15) is 31.0 Å². The molecule has 0 aromatic heterocycles. The van der Waals surface area contributed by atoms with Crippen LogP contribution in [0.15, 0.2) is 70.3 Å². The topological polar surface area (TPSA) is 51.1 Å². The average Bonchev–Trinajstić information content (AvgIpc) is 3.21. The van der Waals surface area contributed by atoms with Gasteiger partial charge < -0.3 is 14.4 Å². The molecule has 0 spiro atoms. The van der Waals surface area contributed by atoms with Crippen molar-refractivity contribution in [1.82, 2.24) is 4.90 Å². The predicted molar refractivity (Wildman–Crippen MR) is 120 cm³/mol. The summed E-state index contributed by atoms with van der Waals surface area (Å²) in [6, 6.07) is 11.5. The largest absolute Gasteiger partial charge is 0.489 e. The second-order valence-electron chi connectivity index (χ2n) is 6.88. The molecular weight excluding hydrogens is 439 g/mol. The number of amidine groups is 1. The highest BCUT2D eigenvalue weighted by atomic mass is 35.5. The summed E-state index contributed by atoms with van der Waals surface area (Å²) in [7, 11) is 0. The quantitative estimate of drug-likeness (QED) is 0.510. The summed E-state index contributed by atoms with van der Waals surface area (Å²) >= 11 is 7.57. The van der Waals surface area contributed by atoms with E-state index in [9.17, 15) is 9.18 Å². The fourth-order valence-electron chi connectivity index (χ4n) is 3.47. The first-order valence-electron chi connectivity index (χ1n) is 9.73. The van der Waals surface area contributed by atoms with Crippen LogP contribution in [0, 0.1) is 5.82 Å². The molecular formula is C23H20ClFN2O3S. The number of aliphatic imine (C=N–C) groups is 1. The van der Waals surface area contributed by atoms with Crippen molar-refractivity contribution in [3.8, 4) is 5.75 Å². The number of hydrogen-bond acceptors (Lipinski definition) is 6. The number of ether oxygens (including phenoxy) is 2. The minimum Gasteiger partial charge on any atom is -0.489 e. The van der Waals surface area contributed by atoms with Crippen molar-refractivity contribution in [2.24, 2.45) is 4.99 Å². The number of thioether (sulfide) groups is 1. The third-order valence-corrected chi connectivity index (χ3v) is 6.08. The first-order chi connectivity index (χ1) is 15.0. The maximum absolute atomic E-state index is 14.0. The fraction of sp³-hybridized carbons (Fsp3) is 0.217. The Bertz CT molecular complexity index is 1080. The summed E-state index contributed by atoms with van der Waals surface area (Å²) in [6.07, 6.45) is 1.91. The van der Waals surface area contributed by atoms with Crippen molar-refractivity contribution >= 4 is 34.5 Å². The molecule has 0 fully saturated rings. The molecule has 0 N–H and O–H groups in total. The molecule has 4 rings (SSSR count). The molecule has 2 aliphatic heterocycles. The van der Waals surface area contributed by atoms with Crippen molar-refractivity contribution in [1.29, 1.82) is 0 Å². The number of allylic oxidation sites excluding steroid dienone is 1. The van der Waals surface area contributed by atoms with E-state index in [1.807, 2.05) is 35.6 Å². The van der Waals surface area contributed by atoms with Crippen molar-refractivity contribution in [2.45, 2.75) is 26.5 Å². The summed E-state index contributed by atoms with van der Waals surface area (Å²) in [6.45, 7) is 3.90. The highest BCUT2D eigenvalue weighted by molar-refractivity contribution is 8.16. The van der Waals surface area contributed by atoms with Crippen LogP contribution >= 0.6 is 23.4 Å². The first kappa shape index (κ1) is 21.5. The normalized spacial score (nSPS) is 17.5. The molecule has 5 nitrogen and oxygen atoms in total. The summed E-state index contributed by atoms with van der Waals surface area (Å²) in [5.41, 5.74) is 2.34. The van der Waals surface area contributed by atoms with Crippen LogP contribution in [0.2, 0.25) is 5.02 Å². The maximum atomic E-state index is 14.0. The third kappa shape index (κ3) is 4.34. The Kier molecular flexibility index (Phi) is 6.34. The zero-order chi connectivity index (χ0) is 22.0. The van der Waals surface area contributed by atoms with Crippen molar-refractivity contribution in [3.63, 3.8) is 0 Å². The Balaban J connectivity index is 1.58. The molecule has 160 valence electrons. The molecule has 0 saturated carbocycles. The van der Waals surface area contributed by atoms with Gasteiger partial charge in [0, 0.05) is 11.8 Å². The van der Waals surface area contributed by atoms with Gasteiger partial charge in [-0.05, 0) is 49.1 Å². The van der Waals surface area contributed by atoms with Gasteiger partial charge in [-0.15, -0.1) is 0 Å². The standard InChI is InChI=1S/C23H20ClFN2O3S/c1-3-29-22(28)20-14(2)26-23-27(11-12-31-23)21(20)15-7-9-16(10-8-15)30-13-17-18(24)5-4-6-19(17)25/h4-12,21H,3,13H2,1-2H3. The van der Waals surface area contributed by atoms with Crippen LogP contribution in [-0.2, 0) is 16.1 Å². The van der Waals surface area contributed by atoms with E-state index in [0.717, 1.165) is 10.7 Å². The van der Waals surface area contributed by atoms with Gasteiger partial charge in [0.05, 0.1) is 28.9 Å². The molecule has 2 aliphatic rings. The molecule has 0 bridgehead atoms. The monoisotopic (exact) mass is 458 g/mol. The van der Waals surface area contributed by atoms with E-state index in [1.54, 1.807) is 31.2 Å². The van der Waals surface area contributed by atoms with Gasteiger partial charge >= 0.3 is 5.97 Å². The Hall–Kier alpha value is -2.77. The maximum Gasteiger partial charge on any atom is 0.338 e. The molecule has 1 unspecified atom stereocenters. The Labute approximate surface area is 189 Å². The van der Waals surface area contributed by atoms with Crippen LogP contribution < -0.4 is 4.74 Å². The Morgan fingerprint density at radius 2 is 2.03 bits per heavy atom. The van der Waals surface area contributed by atoms with E-state index in [0.29, 0.717) is 27.6 Å². The molecule has 0 amide bonds. The van der Waals surface area contributed by atoms with Crippen LogP contribution in [0.25, 0.3) is 0 Å². The van der Waals surface area contributed by atoms with E-state index in [4.69, 9.17) is 21.1 Å². The number of hydrogen-bond donors (Lipinski definition) is 0. The molecule has 0 saturated heterocycles. The minimum absolute atomic E-state index is 0.0175. The number of esters is 1. The number of nitrogens with zero attached hydrogens (tertiary/aromatic N) is 2. The lowest BCUT2D eigenvalue weighted by molar-refractivity contribution is -0.139. The second-order valence-corrected chi connectivity index (χ2v) is 8.16. The summed E-state index contributed by atoms with van der Waals surface area (Å²) in [4.78, 5) is 19.2. The lowest BCUT2D eigenvalue weighted by atomic mass is 9.95. The molecule has 2 aromatic rings. The smallest absolute Gasteiger partial charge is 0.338 e. The zero-order valence-corrected chi connectivity index (χ0v) is 18.5. The highest BCUT2D eigenvalue weighted by Crippen LogP contribution is 2.41. The molecule has 1 atom stereocenters. The lowest BCUT2D eigenvalue weighted by Gasteiger charge is -2.33. The zero-order valence-electron chi connectivity index (χ0n) is 17.0. The van der Waals surface area contributed by atoms with Crippen molar-refractivity contribution in [3.05, 3.63) is 87.3 Å². The Morgan fingerprint density at radius 1 is 1.26 bits per heavy atom. The van der Waals surface area contributed by atoms with Gasteiger partial charge in [-0.2, -0.15) is 0 Å². The van der Waals surface area contributed by atoms with Crippen molar-refractivity contribution in [2.75, 3.05) is 6.61 Å². The molecule has 31 heavy (non-hydrogen) atoms. The highest BCUT2D eigenvalue weighted by Gasteiger charge is 2.37. The third-order valence-electron chi connectivity index (χ3n) is 4.96. The van der Waals surface area contributed by atoms with E-state index in [-0.39, 0.29) is 25.2 Å². The van der Waals surface area contributed by atoms with E-state index in [1.165, 1.54) is 17.8 Å². The predicted octanol–water partition coefficient (Wildman–Crippen LogP) is 5.83. The summed E-state index contributed by atoms with van der Waals surface area (Å²) < 4.78 is 25.0. The number of halogens is 2. The number of benzene rings is 2. The van der Waals surface area contributed by atoms with Crippen LogP contribution in [-0.4, -0.2) is 22.6 Å². The van der Waals surface area contributed by atoms with Crippen LogP contribution in [0.5, 0.6) is 5.75 Å². The number of rotatable bonds is 6. The van der Waals surface area contributed by atoms with Gasteiger partial charge in [-0.25, -0.2) is 14.2 Å². The lowest BCUT2D eigenvalue weighted by Crippen LogP contribution is -2.34. The van der Waals surface area contributed by atoms with Crippen LogP contribution in [0.4, 0.5) is 4.39 Å². The SMILES string of the molecule is CCOC(=O)C1=C(C)N=C2SC=CN2C1c1ccc(OCc2c(F)cccc2Cl)cc1. The molecule has 0 radical (unpaired) electrons. The fourth-order valence-corrected chi connectivity index (χ4v) is 4.48. The van der Waals surface area contributed by atoms with Gasteiger partial charge in [0.25, 0.3) is 0 Å². The van der Waals surface area contributed by atoms with Gasteiger partial charge in [0.2, 0.25) is 0 Å². The average molecular weight is 459 g/mol. The van der Waals surface area contributed by atoms with Crippen LogP contribution in [0.3, 0.4) is 0 Å². The van der Waals surface area contributed by atoms with Gasteiger partial charge in [-0.3, -0.25) is 0 Å². The van der Waals surface area contributed by atoms with E-state index in [2.05, 4.69) is 4.99 Å². The molecule has 8 heteroatoms. The molecule has 2 aromatic carbocycles. The minimum atomic E-state index is -0.406. The number of carbonyl (C=O) groups excluding carboxylic acids is 1.